The molecule has 4 rings (SSSR count). The van der Waals surface area contributed by atoms with Crippen molar-refractivity contribution in [3.63, 3.8) is 0 Å². The number of aromatic hydroxyl groups is 1. The number of rotatable bonds is 3. The van der Waals surface area contributed by atoms with E-state index in [2.05, 4.69) is 5.32 Å². The summed E-state index contributed by atoms with van der Waals surface area (Å²) < 4.78 is 21.2. The highest BCUT2D eigenvalue weighted by Gasteiger charge is 2.39. The molecule has 2 N–H and O–H groups in total. The van der Waals surface area contributed by atoms with Crippen LogP contribution in [-0.4, -0.2) is 34.1 Å². The van der Waals surface area contributed by atoms with Gasteiger partial charge in [0.05, 0.1) is 17.0 Å². The second-order valence-electron chi connectivity index (χ2n) is 7.49. The first kappa shape index (κ1) is 20.6. The van der Waals surface area contributed by atoms with Crippen molar-refractivity contribution in [3.8, 4) is 5.75 Å². The van der Waals surface area contributed by atoms with E-state index in [0.717, 1.165) is 12.8 Å². The normalized spacial score (nSPS) is 20.8. The molecule has 0 aliphatic carbocycles. The van der Waals surface area contributed by atoms with E-state index in [1.807, 2.05) is 0 Å². The minimum Gasteiger partial charge on any atom is -0.503 e. The first-order chi connectivity index (χ1) is 14.4. The molecule has 1 amide bonds. The van der Waals surface area contributed by atoms with Gasteiger partial charge in [-0.15, -0.1) is 0 Å². The molecule has 30 heavy (non-hydrogen) atoms. The van der Waals surface area contributed by atoms with Crippen LogP contribution in [0.25, 0.3) is 0 Å². The fraction of sp³-hybridized carbons (Fsp3) is 0.381. The van der Waals surface area contributed by atoms with Crippen LogP contribution in [0.3, 0.4) is 0 Å². The number of Topliss-reactive ketones (excluding diaryl/α,β-unsaturated/α-hetero) is 1. The maximum Gasteiger partial charge on any atom is 0.257 e. The first-order valence-electron chi connectivity index (χ1n) is 9.71. The predicted octanol–water partition coefficient (Wildman–Crippen LogP) is 2.66. The van der Waals surface area contributed by atoms with Crippen LogP contribution in [0.2, 0.25) is 5.02 Å². The summed E-state index contributed by atoms with van der Waals surface area (Å²) in [6.07, 6.45) is 3.19. The predicted molar refractivity (Wildman–Crippen MR) is 106 cm³/mol. The molecule has 0 radical (unpaired) electrons. The Kier molecular flexibility index (Phi) is 5.62. The number of nitrogens with one attached hydrogen (secondary N) is 1. The number of halogens is 2. The van der Waals surface area contributed by atoms with Crippen molar-refractivity contribution in [2.75, 3.05) is 6.61 Å². The zero-order valence-electron chi connectivity index (χ0n) is 16.0. The third kappa shape index (κ3) is 3.61. The number of carbonyl (C=O) groups excluding carboxylic acids is 2. The van der Waals surface area contributed by atoms with Crippen molar-refractivity contribution in [2.45, 2.75) is 38.5 Å². The second kappa shape index (κ2) is 8.20. The molecule has 2 aliphatic heterocycles. The Morgan fingerprint density at radius 2 is 2.13 bits per heavy atom. The van der Waals surface area contributed by atoms with Gasteiger partial charge in [-0.05, 0) is 18.9 Å². The van der Waals surface area contributed by atoms with Crippen molar-refractivity contribution in [3.05, 3.63) is 62.3 Å². The van der Waals surface area contributed by atoms with Gasteiger partial charge in [0.2, 0.25) is 5.43 Å². The molecule has 2 aromatic rings. The van der Waals surface area contributed by atoms with Crippen molar-refractivity contribution in [2.24, 2.45) is 5.92 Å². The minimum absolute atomic E-state index is 0.0790. The van der Waals surface area contributed by atoms with Crippen molar-refractivity contribution >= 4 is 23.3 Å². The molecular weight excluding hydrogens is 415 g/mol. The molecule has 9 heteroatoms. The molecular formula is C21H20ClFN2O5. The van der Waals surface area contributed by atoms with Crippen LogP contribution in [-0.2, 0) is 17.8 Å². The number of hydrogen-bond donors (Lipinski definition) is 2. The Hall–Kier alpha value is -2.71. The first-order valence-corrected chi connectivity index (χ1v) is 10.1. The summed E-state index contributed by atoms with van der Waals surface area (Å²) in [5.74, 6) is -2.96. The summed E-state index contributed by atoms with van der Waals surface area (Å²) in [7, 11) is 0. The van der Waals surface area contributed by atoms with E-state index in [9.17, 15) is 23.9 Å². The van der Waals surface area contributed by atoms with Crippen LogP contribution in [0.5, 0.6) is 5.75 Å². The van der Waals surface area contributed by atoms with Crippen molar-refractivity contribution in [1.82, 2.24) is 9.88 Å². The highest BCUT2D eigenvalue weighted by atomic mass is 35.5. The quantitative estimate of drug-likeness (QED) is 0.774. The van der Waals surface area contributed by atoms with Gasteiger partial charge in [-0.3, -0.25) is 14.4 Å². The lowest BCUT2D eigenvalue weighted by molar-refractivity contribution is 0.00739. The molecule has 1 saturated heterocycles. The van der Waals surface area contributed by atoms with Gasteiger partial charge in [0.15, 0.2) is 11.5 Å². The van der Waals surface area contributed by atoms with E-state index in [0.29, 0.717) is 13.0 Å². The van der Waals surface area contributed by atoms with Gasteiger partial charge in [-0.25, -0.2) is 4.39 Å². The molecule has 1 fully saturated rings. The summed E-state index contributed by atoms with van der Waals surface area (Å²) in [5, 5.41) is 12.8. The fourth-order valence-corrected chi connectivity index (χ4v) is 4.22. The number of ether oxygens (including phenoxy) is 1. The minimum atomic E-state index is -0.938. The lowest BCUT2D eigenvalue weighted by Crippen LogP contribution is -2.42. The largest absolute Gasteiger partial charge is 0.503 e. The van der Waals surface area contributed by atoms with Crippen LogP contribution >= 0.6 is 11.6 Å². The van der Waals surface area contributed by atoms with Gasteiger partial charge in [0, 0.05) is 31.5 Å². The molecule has 0 unspecified atom stereocenters. The molecule has 1 aromatic carbocycles. The molecule has 7 nitrogen and oxygen atoms in total. The third-order valence-corrected chi connectivity index (χ3v) is 5.90. The van der Waals surface area contributed by atoms with E-state index in [1.54, 1.807) is 6.07 Å². The Labute approximate surface area is 176 Å². The maximum absolute atomic E-state index is 14.0. The highest BCUT2D eigenvalue weighted by Crippen LogP contribution is 2.32. The van der Waals surface area contributed by atoms with Gasteiger partial charge < -0.3 is 19.7 Å². The number of benzene rings is 1. The van der Waals surface area contributed by atoms with Crippen molar-refractivity contribution < 1.29 is 23.8 Å². The standard InChI is InChI=1S/C21H20ClFN2O5/c22-14-6-3-4-11(16(14)23)8-24-21(29)13-9-25-10-15-12(5-1-2-7-30-15)18(26)17(25)20(28)19(13)27/h3-4,6,9,12,15,28H,1-2,5,7-8,10H2,(H,24,29)/t12-,15+/m0/s1. The number of ketones is 1. The Balaban J connectivity index is 1.63. The van der Waals surface area contributed by atoms with Crippen LogP contribution < -0.4 is 10.7 Å². The van der Waals surface area contributed by atoms with Crippen LogP contribution in [0.1, 0.15) is 45.7 Å². The average Bonchev–Trinajstić information content (AvgIpc) is 2.97. The summed E-state index contributed by atoms with van der Waals surface area (Å²) in [6.45, 7) is 0.594. The summed E-state index contributed by atoms with van der Waals surface area (Å²) in [5.41, 5.74) is -1.21. The molecule has 0 spiro atoms. The summed E-state index contributed by atoms with van der Waals surface area (Å²) in [4.78, 5) is 38.1. The molecule has 2 atom stereocenters. The van der Waals surface area contributed by atoms with E-state index < -0.39 is 28.8 Å². The monoisotopic (exact) mass is 434 g/mol. The molecule has 0 saturated carbocycles. The molecule has 3 heterocycles. The van der Waals surface area contributed by atoms with Gasteiger partial charge in [-0.2, -0.15) is 0 Å². The lowest BCUT2D eigenvalue weighted by Gasteiger charge is -2.32. The van der Waals surface area contributed by atoms with Gasteiger partial charge >= 0.3 is 0 Å². The number of pyridine rings is 1. The zero-order chi connectivity index (χ0) is 21.4. The second-order valence-corrected chi connectivity index (χ2v) is 7.90. The highest BCUT2D eigenvalue weighted by molar-refractivity contribution is 6.30. The van der Waals surface area contributed by atoms with Crippen LogP contribution in [0, 0.1) is 11.7 Å². The topological polar surface area (TPSA) is 97.6 Å². The number of carbonyl (C=O) groups is 2. The molecule has 1 aromatic heterocycles. The summed E-state index contributed by atoms with van der Waals surface area (Å²) >= 11 is 5.73. The number of aromatic nitrogens is 1. The van der Waals surface area contributed by atoms with Crippen LogP contribution in [0.15, 0.2) is 29.2 Å². The number of hydrogen-bond acceptors (Lipinski definition) is 5. The average molecular weight is 435 g/mol. The van der Waals surface area contributed by atoms with Gasteiger partial charge in [0.1, 0.15) is 17.1 Å². The lowest BCUT2D eigenvalue weighted by atomic mass is 9.86. The van der Waals surface area contributed by atoms with Crippen molar-refractivity contribution in [1.29, 1.82) is 0 Å². The Bertz CT molecular complexity index is 1080. The van der Waals surface area contributed by atoms with E-state index >= 15 is 0 Å². The Morgan fingerprint density at radius 1 is 1.33 bits per heavy atom. The Morgan fingerprint density at radius 3 is 2.93 bits per heavy atom. The van der Waals surface area contributed by atoms with E-state index in [-0.39, 0.29) is 46.8 Å². The number of amides is 1. The SMILES string of the molecule is O=C(NCc1cccc(Cl)c1F)c1cn2c(c(O)c1=O)C(=O)[C@H]1CCCCO[C@@H]1C2. The van der Waals surface area contributed by atoms with Crippen LogP contribution in [0.4, 0.5) is 4.39 Å². The fourth-order valence-electron chi connectivity index (χ4n) is 4.02. The maximum atomic E-state index is 14.0. The zero-order valence-corrected chi connectivity index (χ0v) is 16.7. The van der Waals surface area contributed by atoms with E-state index in [1.165, 1.54) is 22.9 Å². The number of nitrogens with zero attached hydrogens (tertiary/aromatic N) is 1. The molecule has 0 bridgehead atoms. The summed E-state index contributed by atoms with van der Waals surface area (Å²) in [6, 6.07) is 4.39. The number of fused-ring (bicyclic) bond motifs is 2. The van der Waals surface area contributed by atoms with E-state index in [4.69, 9.17) is 16.3 Å². The smallest absolute Gasteiger partial charge is 0.257 e. The van der Waals surface area contributed by atoms with Gasteiger partial charge in [0.25, 0.3) is 5.91 Å². The third-order valence-electron chi connectivity index (χ3n) is 5.61. The van der Waals surface area contributed by atoms with Gasteiger partial charge in [-0.1, -0.05) is 30.2 Å². The molecule has 2 aliphatic rings. The molecule has 158 valence electrons.